The number of halogens is 1. The molecule has 2 aliphatic heterocycles. The van der Waals surface area contributed by atoms with Crippen molar-refractivity contribution in [2.45, 2.75) is 24.2 Å². The van der Waals surface area contributed by atoms with Crippen molar-refractivity contribution in [3.63, 3.8) is 0 Å². The van der Waals surface area contributed by atoms with Gasteiger partial charge in [-0.1, -0.05) is 114 Å². The Morgan fingerprint density at radius 1 is 0.649 bits per heavy atom. The van der Waals surface area contributed by atoms with Gasteiger partial charge in [0.2, 0.25) is 23.6 Å². The van der Waals surface area contributed by atoms with Gasteiger partial charge in [-0.25, -0.2) is 4.90 Å². The Labute approximate surface area is 334 Å². The summed E-state index contributed by atoms with van der Waals surface area (Å²) < 4.78 is 0. The highest BCUT2D eigenvalue weighted by Gasteiger charge is 2.70. The van der Waals surface area contributed by atoms with E-state index in [9.17, 15) is 14.7 Å². The number of nitrogens with one attached hydrogen (secondary N) is 1. The molecule has 57 heavy (non-hydrogen) atoms. The molecule has 0 unspecified atom stereocenters. The fourth-order valence-electron chi connectivity index (χ4n) is 10.2. The van der Waals surface area contributed by atoms with E-state index >= 15 is 9.59 Å². The lowest BCUT2D eigenvalue weighted by Gasteiger charge is -2.50. The van der Waals surface area contributed by atoms with Gasteiger partial charge in [-0.05, 0) is 84.3 Å². The van der Waals surface area contributed by atoms with Crippen molar-refractivity contribution in [2.75, 3.05) is 15.1 Å². The topological polar surface area (TPSA) is 107 Å². The van der Waals surface area contributed by atoms with E-state index < -0.39 is 46.8 Å². The zero-order chi connectivity index (χ0) is 39.0. The first-order chi connectivity index (χ1) is 27.8. The second-order valence-electron chi connectivity index (χ2n) is 15.4. The van der Waals surface area contributed by atoms with Crippen LogP contribution in [0.4, 0.5) is 22.7 Å². The Balaban J connectivity index is 1.13. The molecule has 2 heterocycles. The molecule has 0 bridgehead atoms. The molecule has 2 aliphatic carbocycles. The lowest BCUT2D eigenvalue weighted by Crippen LogP contribution is -2.53. The van der Waals surface area contributed by atoms with Crippen LogP contribution in [0.25, 0.3) is 10.8 Å². The number of fused-ring (bicyclic) bond motifs is 5. The Morgan fingerprint density at radius 2 is 1.35 bits per heavy atom. The number of phenolic OH excluding ortho intramolecular Hbond substituents is 1. The third kappa shape index (κ3) is 5.20. The predicted octanol–water partition coefficient (Wildman–Crippen LogP) is 9.31. The summed E-state index contributed by atoms with van der Waals surface area (Å²) in [7, 11) is 0. The number of hydrogen-bond donors (Lipinski definition) is 2. The van der Waals surface area contributed by atoms with Crippen LogP contribution in [0.2, 0.25) is 5.02 Å². The van der Waals surface area contributed by atoms with Crippen LogP contribution in [0.1, 0.15) is 29.9 Å². The van der Waals surface area contributed by atoms with Gasteiger partial charge < -0.3 is 10.4 Å². The molecule has 4 amide bonds. The lowest BCUT2D eigenvalue weighted by atomic mass is 9.49. The summed E-state index contributed by atoms with van der Waals surface area (Å²) in [5.74, 6) is -5.24. The van der Waals surface area contributed by atoms with Crippen molar-refractivity contribution in [3.05, 3.63) is 173 Å². The molecular weight excluding hydrogens is 734 g/mol. The van der Waals surface area contributed by atoms with E-state index in [4.69, 9.17) is 11.6 Å². The van der Waals surface area contributed by atoms with Gasteiger partial charge >= 0.3 is 0 Å². The molecule has 8 nitrogen and oxygen atoms in total. The first-order valence-electron chi connectivity index (χ1n) is 19.2. The highest BCUT2D eigenvalue weighted by atomic mass is 35.5. The third-order valence-electron chi connectivity index (χ3n) is 12.6. The van der Waals surface area contributed by atoms with Crippen LogP contribution in [-0.2, 0) is 24.6 Å². The summed E-state index contributed by atoms with van der Waals surface area (Å²) in [6.45, 7) is 0. The van der Waals surface area contributed by atoms with Gasteiger partial charge in [0.15, 0.2) is 0 Å². The van der Waals surface area contributed by atoms with Crippen LogP contribution in [0.15, 0.2) is 157 Å². The number of allylic oxidation sites excluding steroid dienone is 2. The number of hydrogen-bond acceptors (Lipinski definition) is 6. The van der Waals surface area contributed by atoms with Gasteiger partial charge in [-0.2, -0.15) is 0 Å². The summed E-state index contributed by atoms with van der Waals surface area (Å²) in [6.07, 6.45) is 2.43. The molecule has 0 aromatic heterocycles. The minimum Gasteiger partial charge on any atom is -0.507 e. The largest absolute Gasteiger partial charge is 0.507 e. The molecule has 6 aromatic carbocycles. The average molecular weight is 770 g/mol. The predicted molar refractivity (Wildman–Crippen MR) is 220 cm³/mol. The number of phenols is 1. The van der Waals surface area contributed by atoms with E-state index in [1.54, 1.807) is 36.4 Å². The Bertz CT molecular complexity index is 2660. The SMILES string of the molecule is O=C1[C@H]2[C@H](CC=C3[C@H]2C[C@H]2C(=O)N(c4cccc(Cl)c4)C(=O)[C@@]2(c2ccccc2)[C@H]3c2ccc3ccccc3c2O)C(=O)N1c1ccc(Nc2ccccc2)cc1. The van der Waals surface area contributed by atoms with Gasteiger partial charge in [0.05, 0.1) is 34.5 Å². The maximum absolute atomic E-state index is 15.6. The Hall–Kier alpha value is -6.51. The molecule has 2 saturated heterocycles. The molecule has 1 saturated carbocycles. The monoisotopic (exact) mass is 769 g/mol. The number of aromatic hydroxyl groups is 1. The standard InChI is InChI=1S/C48H36ClN3O5/c49-30-13-9-16-34(26-30)52-45(55)40-27-39-36(24-25-37-41(39)46(56)51(44(37)54)33-21-19-32(20-22-33)50-31-14-5-2-6-15-31)42(48(40,47(52)57)29-11-3-1-4-12-29)38-23-18-28-10-7-8-17-35(28)43(38)53/h1-24,26,37,39-42,50,53H,25,27H2/t37-,39+,40-,41-,42+,48+/m0/s1. The molecule has 3 fully saturated rings. The van der Waals surface area contributed by atoms with Crippen LogP contribution in [-0.4, -0.2) is 28.7 Å². The smallest absolute Gasteiger partial charge is 0.246 e. The van der Waals surface area contributed by atoms with Crippen molar-refractivity contribution in [3.8, 4) is 5.75 Å². The van der Waals surface area contributed by atoms with Gasteiger partial charge in [0.1, 0.15) is 5.75 Å². The maximum Gasteiger partial charge on any atom is 0.246 e. The number of carbonyl (C=O) groups is 4. The number of imide groups is 2. The van der Waals surface area contributed by atoms with Crippen LogP contribution in [0.5, 0.6) is 5.75 Å². The van der Waals surface area contributed by atoms with E-state index in [1.807, 2.05) is 115 Å². The number of benzene rings is 6. The fourth-order valence-corrected chi connectivity index (χ4v) is 10.4. The maximum atomic E-state index is 15.6. The van der Waals surface area contributed by atoms with Crippen molar-refractivity contribution >= 4 is 68.8 Å². The lowest BCUT2D eigenvalue weighted by molar-refractivity contribution is -0.127. The molecule has 0 spiro atoms. The second-order valence-corrected chi connectivity index (χ2v) is 15.8. The normalized spacial score (nSPS) is 25.3. The van der Waals surface area contributed by atoms with E-state index in [0.717, 1.165) is 22.3 Å². The Morgan fingerprint density at radius 3 is 2.11 bits per heavy atom. The number of amides is 4. The molecule has 9 heteroatoms. The quantitative estimate of drug-likeness (QED) is 0.129. The zero-order valence-corrected chi connectivity index (χ0v) is 31.3. The van der Waals surface area contributed by atoms with Crippen LogP contribution >= 0.6 is 11.6 Å². The van der Waals surface area contributed by atoms with Crippen LogP contribution < -0.4 is 15.1 Å². The van der Waals surface area contributed by atoms with Crippen molar-refractivity contribution < 1.29 is 24.3 Å². The number of carbonyl (C=O) groups excluding carboxylic acids is 4. The van der Waals surface area contributed by atoms with Crippen LogP contribution in [0.3, 0.4) is 0 Å². The number of rotatable bonds is 6. The van der Waals surface area contributed by atoms with E-state index in [1.165, 1.54) is 9.80 Å². The summed E-state index contributed by atoms with van der Waals surface area (Å²) >= 11 is 6.45. The first kappa shape index (κ1) is 34.9. The number of nitrogens with zero attached hydrogens (tertiary/aromatic N) is 2. The third-order valence-corrected chi connectivity index (χ3v) is 12.8. The molecule has 10 rings (SSSR count). The first-order valence-corrected chi connectivity index (χ1v) is 19.5. The van der Waals surface area contributed by atoms with Gasteiger partial charge in [0.25, 0.3) is 0 Å². The Kier molecular flexibility index (Phi) is 8.16. The summed E-state index contributed by atoms with van der Waals surface area (Å²) in [5.41, 5.74) is 2.94. The molecule has 4 aliphatic rings. The number of anilines is 4. The molecule has 280 valence electrons. The zero-order valence-electron chi connectivity index (χ0n) is 30.6. The van der Waals surface area contributed by atoms with Gasteiger partial charge in [-0.3, -0.25) is 24.1 Å². The molecule has 6 atom stereocenters. The van der Waals surface area contributed by atoms with Crippen molar-refractivity contribution in [2.24, 2.45) is 23.7 Å². The van der Waals surface area contributed by atoms with Gasteiger partial charge in [-0.15, -0.1) is 0 Å². The highest BCUT2D eigenvalue weighted by molar-refractivity contribution is 6.32. The summed E-state index contributed by atoms with van der Waals surface area (Å²) in [4.78, 5) is 62.3. The van der Waals surface area contributed by atoms with Crippen molar-refractivity contribution in [1.29, 1.82) is 0 Å². The van der Waals surface area contributed by atoms with Crippen molar-refractivity contribution in [1.82, 2.24) is 0 Å². The molecular formula is C48H36ClN3O5. The molecule has 2 N–H and O–H groups in total. The van der Waals surface area contributed by atoms with E-state index in [0.29, 0.717) is 32.9 Å². The average Bonchev–Trinajstić information content (AvgIpc) is 3.63. The minimum atomic E-state index is -1.50. The van der Waals surface area contributed by atoms with E-state index in [2.05, 4.69) is 5.32 Å². The second kappa shape index (κ2) is 13.3. The number of para-hydroxylation sites is 1. The fraction of sp³-hybridized carbons (Fsp3) is 0.167. The minimum absolute atomic E-state index is 0.0111. The summed E-state index contributed by atoms with van der Waals surface area (Å²) in [5, 5.41) is 17.4. The molecule has 6 aromatic rings. The molecule has 0 radical (unpaired) electrons. The van der Waals surface area contributed by atoms with Crippen LogP contribution in [0, 0.1) is 23.7 Å². The van der Waals surface area contributed by atoms with E-state index in [-0.39, 0.29) is 30.4 Å². The van der Waals surface area contributed by atoms with Gasteiger partial charge in [0, 0.05) is 33.3 Å². The highest BCUT2D eigenvalue weighted by Crippen LogP contribution is 2.65. The summed E-state index contributed by atoms with van der Waals surface area (Å²) in [6, 6.07) is 44.2.